The molecule has 0 amide bonds. The monoisotopic (exact) mass is 394 g/mol. The molecular weight excluding hydrogens is 368 g/mol. The van der Waals surface area contributed by atoms with Gasteiger partial charge in [0, 0.05) is 21.2 Å². The molecule has 2 aromatic rings. The fraction of sp³-hybridized carbons (Fsp3) is 0.381. The summed E-state index contributed by atoms with van der Waals surface area (Å²) in [6.07, 6.45) is 1.81. The van der Waals surface area contributed by atoms with Crippen LogP contribution in [0.5, 0.6) is 0 Å². The lowest BCUT2D eigenvalue weighted by atomic mass is 9.99. The van der Waals surface area contributed by atoms with Crippen LogP contribution >= 0.6 is 0 Å². The van der Waals surface area contributed by atoms with Gasteiger partial charge in [-0.3, -0.25) is 0 Å². The van der Waals surface area contributed by atoms with E-state index in [1.807, 2.05) is 38.1 Å². The molecule has 0 heterocycles. The number of carbonyl (C=O) groups is 1. The van der Waals surface area contributed by atoms with Crippen molar-refractivity contribution in [2.24, 2.45) is 10.2 Å². The van der Waals surface area contributed by atoms with Crippen molar-refractivity contribution in [3.8, 4) is 0 Å². The van der Waals surface area contributed by atoms with E-state index in [-0.39, 0.29) is 12.1 Å². The van der Waals surface area contributed by atoms with Gasteiger partial charge in [-0.25, -0.2) is 4.79 Å². The third-order valence-electron chi connectivity index (χ3n) is 4.38. The first kappa shape index (κ1) is 23.6. The second-order valence-electron chi connectivity index (χ2n) is 6.45. The first-order valence-electron chi connectivity index (χ1n) is 9.46. The quantitative estimate of drug-likeness (QED) is 0.206. The van der Waals surface area contributed by atoms with Crippen molar-refractivity contribution in [1.29, 1.82) is 0 Å². The Balaban J connectivity index is 0.000000296. The van der Waals surface area contributed by atoms with Gasteiger partial charge in [-0.1, -0.05) is 67.4 Å². The minimum atomic E-state index is -0.359. The Morgan fingerprint density at radius 2 is 1.38 bits per heavy atom. The highest BCUT2D eigenvalue weighted by Gasteiger charge is 2.09. The Morgan fingerprint density at radius 3 is 1.79 bits per heavy atom. The van der Waals surface area contributed by atoms with Crippen LogP contribution in [0, 0.1) is 0 Å². The molecule has 0 saturated heterocycles. The van der Waals surface area contributed by atoms with Gasteiger partial charge in [-0.2, -0.15) is 0 Å². The maximum Gasteiger partial charge on any atom is 0.338 e. The maximum atomic E-state index is 11.6. The number of rotatable bonds is 7. The minimum absolute atomic E-state index is 0.0932. The molecule has 0 aliphatic carbocycles. The van der Waals surface area contributed by atoms with Crippen LogP contribution < -0.4 is 0 Å². The van der Waals surface area contributed by atoms with Gasteiger partial charge in [0.05, 0.1) is 11.7 Å². The van der Waals surface area contributed by atoms with E-state index in [9.17, 15) is 4.79 Å². The van der Waals surface area contributed by atoms with Crippen LogP contribution in [-0.2, 0) is 4.74 Å². The van der Waals surface area contributed by atoms with Crippen LogP contribution in [0.25, 0.3) is 20.9 Å². The van der Waals surface area contributed by atoms with Crippen molar-refractivity contribution in [2.75, 3.05) is 0 Å². The number of benzene rings is 2. The summed E-state index contributed by atoms with van der Waals surface area (Å²) in [6.45, 7) is 8.13. The van der Waals surface area contributed by atoms with Crippen LogP contribution in [-0.4, -0.2) is 12.1 Å². The molecule has 29 heavy (non-hydrogen) atoms. The lowest BCUT2D eigenvalue weighted by molar-refractivity contribution is 0.0334. The normalized spacial score (nSPS) is 11.6. The molecule has 8 heteroatoms. The Morgan fingerprint density at radius 1 is 0.897 bits per heavy atom. The van der Waals surface area contributed by atoms with E-state index in [4.69, 9.17) is 15.8 Å². The number of carbonyl (C=O) groups excluding carboxylic acids is 1. The smallest absolute Gasteiger partial charge is 0.338 e. The SMILES string of the molecule is CCC(C)OC(=O)c1ccc(N=[N+]=[N-])cc1.CCC(C)c1ccc(N=[N+]=[N-])cc1. The molecule has 2 atom stereocenters. The zero-order chi connectivity index (χ0) is 21.6. The molecule has 0 bridgehead atoms. The number of azide groups is 2. The van der Waals surface area contributed by atoms with Crippen molar-refractivity contribution in [1.82, 2.24) is 0 Å². The summed E-state index contributed by atoms with van der Waals surface area (Å²) in [5, 5.41) is 6.93. The topological polar surface area (TPSA) is 124 Å². The van der Waals surface area contributed by atoms with E-state index in [0.29, 0.717) is 22.9 Å². The van der Waals surface area contributed by atoms with E-state index < -0.39 is 0 Å². The summed E-state index contributed by atoms with van der Waals surface area (Å²) in [6, 6.07) is 14.0. The summed E-state index contributed by atoms with van der Waals surface area (Å²) >= 11 is 0. The van der Waals surface area contributed by atoms with Crippen molar-refractivity contribution < 1.29 is 9.53 Å². The fourth-order valence-electron chi connectivity index (χ4n) is 2.21. The van der Waals surface area contributed by atoms with Crippen LogP contribution in [0.2, 0.25) is 0 Å². The summed E-state index contributed by atoms with van der Waals surface area (Å²) in [4.78, 5) is 16.9. The predicted molar refractivity (Wildman–Crippen MR) is 114 cm³/mol. The maximum absolute atomic E-state index is 11.6. The highest BCUT2D eigenvalue weighted by atomic mass is 16.5. The van der Waals surface area contributed by atoms with Gasteiger partial charge >= 0.3 is 5.97 Å². The van der Waals surface area contributed by atoms with E-state index in [2.05, 4.69) is 33.9 Å². The average Bonchev–Trinajstić information content (AvgIpc) is 2.75. The summed E-state index contributed by atoms with van der Waals surface area (Å²) < 4.78 is 5.14. The van der Waals surface area contributed by atoms with Gasteiger partial charge in [0.1, 0.15) is 0 Å². The number of ether oxygens (including phenoxy) is 1. The number of esters is 1. The molecule has 0 aliphatic heterocycles. The first-order chi connectivity index (χ1) is 13.9. The summed E-state index contributed by atoms with van der Waals surface area (Å²) in [5.74, 6) is 0.210. The Hall–Kier alpha value is -3.47. The van der Waals surface area contributed by atoms with E-state index in [1.54, 1.807) is 24.3 Å². The predicted octanol–water partition coefficient (Wildman–Crippen LogP) is 7.73. The Bertz CT molecular complexity index is 867. The number of hydrogen-bond donors (Lipinski definition) is 0. The molecule has 0 aliphatic rings. The Labute approximate surface area is 170 Å². The molecule has 0 fully saturated rings. The zero-order valence-corrected chi connectivity index (χ0v) is 17.2. The summed E-state index contributed by atoms with van der Waals surface area (Å²) in [7, 11) is 0. The number of nitrogens with zero attached hydrogens (tertiary/aromatic N) is 6. The highest BCUT2D eigenvalue weighted by molar-refractivity contribution is 5.89. The van der Waals surface area contributed by atoms with Crippen LogP contribution in [0.3, 0.4) is 0 Å². The van der Waals surface area contributed by atoms with Gasteiger partial charge in [-0.05, 0) is 54.4 Å². The molecule has 2 unspecified atom stereocenters. The second kappa shape index (κ2) is 12.8. The number of hydrogen-bond acceptors (Lipinski definition) is 4. The highest BCUT2D eigenvalue weighted by Crippen LogP contribution is 2.21. The molecule has 0 saturated carbocycles. The van der Waals surface area contributed by atoms with E-state index in [1.165, 1.54) is 5.56 Å². The van der Waals surface area contributed by atoms with Crippen molar-refractivity contribution in [3.05, 3.63) is 80.5 Å². The molecule has 0 aromatic heterocycles. The minimum Gasteiger partial charge on any atom is -0.459 e. The second-order valence-corrected chi connectivity index (χ2v) is 6.45. The molecule has 0 N–H and O–H groups in total. The third-order valence-corrected chi connectivity index (χ3v) is 4.38. The van der Waals surface area contributed by atoms with Crippen molar-refractivity contribution in [3.63, 3.8) is 0 Å². The van der Waals surface area contributed by atoms with E-state index in [0.717, 1.165) is 12.8 Å². The molecule has 152 valence electrons. The zero-order valence-electron chi connectivity index (χ0n) is 17.2. The molecular formula is C21H26N6O2. The average molecular weight is 394 g/mol. The van der Waals surface area contributed by atoms with E-state index >= 15 is 0 Å². The van der Waals surface area contributed by atoms with Crippen LogP contribution in [0.15, 0.2) is 58.8 Å². The molecule has 0 radical (unpaired) electrons. The largest absolute Gasteiger partial charge is 0.459 e. The van der Waals surface area contributed by atoms with Crippen molar-refractivity contribution >= 4 is 17.3 Å². The molecule has 2 rings (SSSR count). The molecule has 0 spiro atoms. The van der Waals surface area contributed by atoms with Gasteiger partial charge in [-0.15, -0.1) is 0 Å². The summed E-state index contributed by atoms with van der Waals surface area (Å²) in [5.41, 5.74) is 19.3. The van der Waals surface area contributed by atoms with Gasteiger partial charge in [0.2, 0.25) is 0 Å². The van der Waals surface area contributed by atoms with Crippen LogP contribution in [0.4, 0.5) is 11.4 Å². The third kappa shape index (κ3) is 8.39. The van der Waals surface area contributed by atoms with Crippen molar-refractivity contribution in [2.45, 2.75) is 52.6 Å². The molecule has 2 aromatic carbocycles. The van der Waals surface area contributed by atoms with Gasteiger partial charge in [0.15, 0.2) is 0 Å². The first-order valence-corrected chi connectivity index (χ1v) is 9.46. The molecule has 8 nitrogen and oxygen atoms in total. The van der Waals surface area contributed by atoms with Gasteiger partial charge in [0.25, 0.3) is 0 Å². The standard InChI is InChI=1S/C11H13N3O2.C10H13N3/c1-3-8(2)16-11(15)9-4-6-10(7-5-9)13-14-12;1-3-8(2)9-4-6-10(7-5-9)12-13-11/h4-8H,3H2,1-2H3;4-8H,3H2,1-2H3. The fourth-order valence-corrected chi connectivity index (χ4v) is 2.21. The Kier molecular flexibility index (Phi) is 10.4. The lowest BCUT2D eigenvalue weighted by Crippen LogP contribution is -2.13. The van der Waals surface area contributed by atoms with Crippen LogP contribution in [0.1, 0.15) is 62.4 Å². The van der Waals surface area contributed by atoms with Gasteiger partial charge < -0.3 is 4.74 Å². The lowest BCUT2D eigenvalue weighted by Gasteiger charge is -2.10.